The molecule has 0 saturated carbocycles. The number of carbonyl (C=O) groups is 2. The fourth-order valence-electron chi connectivity index (χ4n) is 2.67. The van der Waals surface area contributed by atoms with Crippen molar-refractivity contribution in [1.82, 2.24) is 10.6 Å². The van der Waals surface area contributed by atoms with Gasteiger partial charge in [0.1, 0.15) is 0 Å². The van der Waals surface area contributed by atoms with Crippen molar-refractivity contribution in [2.24, 2.45) is 5.92 Å². The molecule has 0 aromatic heterocycles. The van der Waals surface area contributed by atoms with Crippen molar-refractivity contribution in [1.29, 1.82) is 0 Å². The van der Waals surface area contributed by atoms with E-state index in [2.05, 4.69) is 0 Å². The second-order valence-electron chi connectivity index (χ2n) is 6.69. The van der Waals surface area contributed by atoms with Gasteiger partial charge in [-0.2, -0.15) is 39.5 Å². The highest BCUT2D eigenvalue weighted by Gasteiger charge is 2.76. The average Bonchev–Trinajstić information content (AvgIpc) is 2.59. The molecular weight excluding hydrogens is 481 g/mol. The monoisotopic (exact) mass is 500 g/mol. The van der Waals surface area contributed by atoms with Gasteiger partial charge in [0.05, 0.1) is 5.92 Å². The summed E-state index contributed by atoms with van der Waals surface area (Å²) >= 11 is 0. The Bertz CT molecular complexity index is 629. The maximum absolute atomic E-state index is 13.8. The van der Waals surface area contributed by atoms with E-state index < -0.39 is 67.4 Å². The molecule has 2 unspecified atom stereocenters. The molecule has 0 aliphatic carbocycles. The Morgan fingerprint density at radius 1 is 0.812 bits per heavy atom. The quantitative estimate of drug-likeness (QED) is 0.207. The van der Waals surface area contributed by atoms with Crippen LogP contribution in [-0.2, 0) is 0 Å². The summed E-state index contributed by atoms with van der Waals surface area (Å²) in [5.41, 5.74) is 0. The third-order valence-corrected chi connectivity index (χ3v) is 4.31. The van der Waals surface area contributed by atoms with E-state index in [1.807, 2.05) is 5.32 Å². The van der Waals surface area contributed by atoms with Crippen LogP contribution in [0.2, 0.25) is 0 Å². The van der Waals surface area contributed by atoms with Gasteiger partial charge in [0.25, 0.3) is 0 Å². The molecule has 0 fully saturated rings. The van der Waals surface area contributed by atoms with Gasteiger partial charge in [-0.15, -0.1) is 0 Å². The van der Waals surface area contributed by atoms with Crippen LogP contribution in [0.5, 0.6) is 0 Å². The molecule has 0 rings (SSSR count). The van der Waals surface area contributed by atoms with Crippen LogP contribution in [0.4, 0.5) is 57.9 Å². The first-order chi connectivity index (χ1) is 14.3. The molecule has 0 heterocycles. The molecule has 4 N–H and O–H groups in total. The van der Waals surface area contributed by atoms with Gasteiger partial charge in [-0.3, -0.25) is 0 Å². The maximum atomic E-state index is 13.8. The van der Waals surface area contributed by atoms with Crippen molar-refractivity contribution >= 4 is 12.2 Å². The van der Waals surface area contributed by atoms with Crippen LogP contribution in [0.25, 0.3) is 0 Å². The molecular formula is C15H19F11N2O4. The topological polar surface area (TPSA) is 98.7 Å². The van der Waals surface area contributed by atoms with Crippen molar-refractivity contribution in [3.05, 3.63) is 0 Å². The fraction of sp³-hybridized carbons (Fsp3) is 0.867. The number of hydrogen-bond donors (Lipinski definition) is 4. The van der Waals surface area contributed by atoms with E-state index in [1.165, 1.54) is 5.32 Å². The van der Waals surface area contributed by atoms with Crippen LogP contribution in [0.3, 0.4) is 0 Å². The van der Waals surface area contributed by atoms with Gasteiger partial charge < -0.3 is 20.8 Å². The minimum absolute atomic E-state index is 0.0254. The molecule has 32 heavy (non-hydrogen) atoms. The second kappa shape index (κ2) is 11.1. The van der Waals surface area contributed by atoms with Gasteiger partial charge in [-0.1, -0.05) is 12.8 Å². The maximum Gasteiger partial charge on any atom is 0.404 e. The smallest absolute Gasteiger partial charge is 0.404 e. The summed E-state index contributed by atoms with van der Waals surface area (Å²) in [6, 6.07) is -2.51. The van der Waals surface area contributed by atoms with E-state index in [1.54, 1.807) is 0 Å². The van der Waals surface area contributed by atoms with E-state index in [0.717, 1.165) is 0 Å². The average molecular weight is 500 g/mol. The molecule has 17 heteroatoms. The van der Waals surface area contributed by atoms with Crippen molar-refractivity contribution < 1.29 is 68.1 Å². The Labute approximate surface area is 173 Å². The van der Waals surface area contributed by atoms with E-state index in [4.69, 9.17) is 10.2 Å². The van der Waals surface area contributed by atoms with Crippen molar-refractivity contribution in [3.63, 3.8) is 0 Å². The number of carboxylic acid groups (broad SMARTS) is 2. The number of nitrogens with one attached hydrogen (secondary N) is 2. The van der Waals surface area contributed by atoms with Crippen molar-refractivity contribution in [3.8, 4) is 0 Å². The van der Waals surface area contributed by atoms with Crippen LogP contribution in [0, 0.1) is 5.92 Å². The fourth-order valence-corrected chi connectivity index (χ4v) is 2.67. The summed E-state index contributed by atoms with van der Waals surface area (Å²) in [5.74, 6) is -23.5. The zero-order valence-corrected chi connectivity index (χ0v) is 15.8. The number of amides is 2. The summed E-state index contributed by atoms with van der Waals surface area (Å²) in [5, 5.41) is 20.1. The number of hydrogen-bond acceptors (Lipinski definition) is 2. The highest BCUT2D eigenvalue weighted by atomic mass is 19.4. The lowest BCUT2D eigenvalue weighted by Gasteiger charge is -2.36. The molecule has 0 saturated heterocycles. The van der Waals surface area contributed by atoms with Gasteiger partial charge in [0.2, 0.25) is 0 Å². The van der Waals surface area contributed by atoms with Gasteiger partial charge in [0.15, 0.2) is 0 Å². The van der Waals surface area contributed by atoms with Crippen LogP contribution in [-0.4, -0.2) is 65.4 Å². The molecule has 0 bridgehead atoms. The molecule has 2 amide bonds. The summed E-state index contributed by atoms with van der Waals surface area (Å²) < 4.78 is 144. The minimum atomic E-state index is -6.88. The lowest BCUT2D eigenvalue weighted by atomic mass is 9.85. The molecule has 0 radical (unpaired) electrons. The van der Waals surface area contributed by atoms with E-state index in [9.17, 15) is 57.9 Å². The number of unbranched alkanes of at least 4 members (excludes halogenated alkanes) is 2. The van der Waals surface area contributed by atoms with Crippen LogP contribution in [0.15, 0.2) is 0 Å². The Balaban J connectivity index is 5.66. The molecule has 190 valence electrons. The number of rotatable bonds is 13. The Morgan fingerprint density at radius 3 is 1.75 bits per heavy atom. The van der Waals surface area contributed by atoms with Crippen molar-refractivity contribution in [2.45, 2.75) is 68.5 Å². The molecule has 0 spiro atoms. The predicted molar refractivity (Wildman–Crippen MR) is 84.5 cm³/mol. The van der Waals surface area contributed by atoms with Gasteiger partial charge in [0, 0.05) is 19.0 Å². The Morgan fingerprint density at radius 2 is 1.34 bits per heavy atom. The third kappa shape index (κ3) is 8.03. The zero-order chi connectivity index (χ0) is 25.5. The van der Waals surface area contributed by atoms with Crippen LogP contribution >= 0.6 is 0 Å². The third-order valence-electron chi connectivity index (χ3n) is 4.31. The molecule has 0 aliphatic rings. The van der Waals surface area contributed by atoms with Gasteiger partial charge in [-0.25, -0.2) is 18.4 Å². The van der Waals surface area contributed by atoms with Crippen LogP contribution in [0.1, 0.15) is 32.1 Å². The first-order valence-corrected chi connectivity index (χ1v) is 8.72. The highest BCUT2D eigenvalue weighted by Crippen LogP contribution is 2.52. The second-order valence-corrected chi connectivity index (χ2v) is 6.69. The first kappa shape index (κ1) is 29.8. The van der Waals surface area contributed by atoms with Crippen molar-refractivity contribution in [2.75, 3.05) is 6.54 Å². The SMILES string of the molecule is O=C(O)NCCCCCC(NC(=O)O)C(CC(F)(F)C(F)(F)C(F)(F)C(F)F)C(F)(F)F. The van der Waals surface area contributed by atoms with E-state index >= 15 is 0 Å². The minimum Gasteiger partial charge on any atom is -0.465 e. The molecule has 6 nitrogen and oxygen atoms in total. The summed E-state index contributed by atoms with van der Waals surface area (Å²) in [4.78, 5) is 21.0. The van der Waals surface area contributed by atoms with E-state index in [-0.39, 0.29) is 25.8 Å². The normalized spacial score (nSPS) is 15.4. The number of halogens is 11. The standard InChI is InChI=1S/C15H19F11N2O4/c16-9(17)13(20,21)15(25,26)12(18,19)6-7(14(22,23)24)8(28-11(31)32)4-2-1-3-5-27-10(29)30/h7-9,27-28H,1-6H2,(H,29,30)(H,31,32). The first-order valence-electron chi connectivity index (χ1n) is 8.72. The molecule has 2 atom stereocenters. The van der Waals surface area contributed by atoms with Gasteiger partial charge in [-0.05, 0) is 12.8 Å². The van der Waals surface area contributed by atoms with Gasteiger partial charge >= 0.3 is 42.6 Å². The zero-order valence-electron chi connectivity index (χ0n) is 15.8. The Kier molecular flexibility index (Phi) is 10.3. The molecule has 0 aromatic rings. The summed E-state index contributed by atoms with van der Waals surface area (Å²) in [6.07, 6.45) is -19.1. The van der Waals surface area contributed by atoms with E-state index in [0.29, 0.717) is 0 Å². The summed E-state index contributed by atoms with van der Waals surface area (Å²) in [7, 11) is 0. The Hall–Kier alpha value is -2.23. The molecule has 0 aromatic carbocycles. The lowest BCUT2D eigenvalue weighted by molar-refractivity contribution is -0.347. The van der Waals surface area contributed by atoms with Crippen LogP contribution < -0.4 is 10.6 Å². The molecule has 0 aliphatic heterocycles. The highest BCUT2D eigenvalue weighted by molar-refractivity contribution is 5.65. The number of alkyl halides is 11. The lowest BCUT2D eigenvalue weighted by Crippen LogP contribution is -2.59. The summed E-state index contributed by atoms with van der Waals surface area (Å²) in [6.45, 7) is -0.165. The largest absolute Gasteiger partial charge is 0.465 e. The predicted octanol–water partition coefficient (Wildman–Crippen LogP) is 5.19.